The maximum absolute atomic E-state index is 13.8. The quantitative estimate of drug-likeness (QED) is 0.532. The highest BCUT2D eigenvalue weighted by molar-refractivity contribution is 6.31. The molecule has 0 spiro atoms. The summed E-state index contributed by atoms with van der Waals surface area (Å²) >= 11 is 6.28. The van der Waals surface area contributed by atoms with E-state index >= 15 is 0 Å². The smallest absolute Gasteiger partial charge is 0.258 e. The molecular weight excluding hydrogens is 530 g/mol. The van der Waals surface area contributed by atoms with Crippen LogP contribution < -0.4 is 4.74 Å². The largest absolute Gasteiger partial charge is 0.493 e. The van der Waals surface area contributed by atoms with E-state index in [4.69, 9.17) is 21.1 Å². The summed E-state index contributed by atoms with van der Waals surface area (Å²) in [5.41, 5.74) is 0.347. The molecule has 0 unspecified atom stereocenters. The molecule has 218 valence electrons. The molecule has 0 saturated heterocycles. The van der Waals surface area contributed by atoms with Gasteiger partial charge in [0.05, 0.1) is 12.2 Å². The number of nitrogens with zero attached hydrogens (tertiary/aromatic N) is 3. The van der Waals surface area contributed by atoms with Gasteiger partial charge in [0.2, 0.25) is 5.91 Å². The SMILES string of the molecule is COC(C)(C)C(=O)N1CCCCOc2ccc(Cl)cc2C(=O)N(C)[C@@H](Cc2ccccc2)C(=O)N(C)CCCC1. The Balaban J connectivity index is 1.91. The number of carbonyl (C=O) groups excluding carboxylic acids is 3. The molecule has 1 heterocycles. The molecule has 2 aromatic carbocycles. The van der Waals surface area contributed by atoms with E-state index in [1.165, 1.54) is 4.90 Å². The fourth-order valence-corrected chi connectivity index (χ4v) is 4.91. The molecule has 0 aromatic heterocycles. The van der Waals surface area contributed by atoms with Crippen LogP contribution in [0.2, 0.25) is 5.02 Å². The predicted octanol–water partition coefficient (Wildman–Crippen LogP) is 4.69. The third-order valence-corrected chi connectivity index (χ3v) is 7.69. The number of carbonyl (C=O) groups is 3. The Hall–Kier alpha value is -3.10. The summed E-state index contributed by atoms with van der Waals surface area (Å²) < 4.78 is 11.5. The highest BCUT2D eigenvalue weighted by Gasteiger charge is 2.33. The normalized spacial score (nSPS) is 18.6. The molecule has 3 rings (SSSR count). The summed E-state index contributed by atoms with van der Waals surface area (Å²) in [6, 6.07) is 13.9. The van der Waals surface area contributed by atoms with Gasteiger partial charge in [-0.25, -0.2) is 0 Å². The van der Waals surface area contributed by atoms with E-state index in [0.717, 1.165) is 24.8 Å². The Bertz CT molecular complexity index is 1160. The van der Waals surface area contributed by atoms with Gasteiger partial charge in [0.15, 0.2) is 0 Å². The van der Waals surface area contributed by atoms with E-state index < -0.39 is 11.6 Å². The predicted molar refractivity (Wildman–Crippen MR) is 157 cm³/mol. The van der Waals surface area contributed by atoms with E-state index in [9.17, 15) is 14.4 Å². The van der Waals surface area contributed by atoms with Crippen LogP contribution in [-0.2, 0) is 20.7 Å². The lowest BCUT2D eigenvalue weighted by Gasteiger charge is -2.32. The highest BCUT2D eigenvalue weighted by Crippen LogP contribution is 2.26. The lowest BCUT2D eigenvalue weighted by molar-refractivity contribution is -0.151. The summed E-state index contributed by atoms with van der Waals surface area (Å²) in [6.07, 6.45) is 3.26. The monoisotopic (exact) mass is 571 g/mol. The Morgan fingerprint density at radius 2 is 1.65 bits per heavy atom. The Kier molecular flexibility index (Phi) is 11.4. The third kappa shape index (κ3) is 8.21. The van der Waals surface area contributed by atoms with Crippen molar-refractivity contribution in [1.82, 2.24) is 14.7 Å². The van der Waals surface area contributed by atoms with Crippen LogP contribution in [0.5, 0.6) is 5.75 Å². The molecule has 0 radical (unpaired) electrons. The lowest BCUT2D eigenvalue weighted by Crippen LogP contribution is -2.50. The maximum atomic E-state index is 13.8. The molecule has 9 heteroatoms. The van der Waals surface area contributed by atoms with Crippen molar-refractivity contribution < 1.29 is 23.9 Å². The summed E-state index contributed by atoms with van der Waals surface area (Å²) in [5.74, 6) is -0.128. The van der Waals surface area contributed by atoms with Crippen LogP contribution >= 0.6 is 11.6 Å². The molecule has 1 atom stereocenters. The fourth-order valence-electron chi connectivity index (χ4n) is 4.74. The second kappa shape index (κ2) is 14.5. The van der Waals surface area contributed by atoms with Gasteiger partial charge in [-0.1, -0.05) is 41.9 Å². The molecule has 0 fully saturated rings. The minimum Gasteiger partial charge on any atom is -0.493 e. The molecule has 0 bridgehead atoms. The zero-order chi connectivity index (χ0) is 29.3. The van der Waals surface area contributed by atoms with E-state index in [2.05, 4.69) is 0 Å². The molecule has 0 aliphatic carbocycles. The van der Waals surface area contributed by atoms with Gasteiger partial charge >= 0.3 is 0 Å². The Morgan fingerprint density at radius 1 is 1.00 bits per heavy atom. The Labute approximate surface area is 243 Å². The number of halogens is 1. The topological polar surface area (TPSA) is 79.4 Å². The zero-order valence-electron chi connectivity index (χ0n) is 24.3. The first-order valence-electron chi connectivity index (χ1n) is 13.9. The molecule has 8 nitrogen and oxygen atoms in total. The summed E-state index contributed by atoms with van der Waals surface area (Å²) in [6.45, 7) is 5.56. The molecule has 40 heavy (non-hydrogen) atoms. The average Bonchev–Trinajstić information content (AvgIpc) is 2.95. The lowest BCUT2D eigenvalue weighted by atomic mass is 10.0. The van der Waals surface area contributed by atoms with Crippen LogP contribution in [0.25, 0.3) is 0 Å². The number of ether oxygens (including phenoxy) is 2. The molecule has 0 N–H and O–H groups in total. The van der Waals surface area contributed by atoms with Gasteiger partial charge in [-0.2, -0.15) is 0 Å². The van der Waals surface area contributed by atoms with Gasteiger partial charge in [0.25, 0.3) is 11.8 Å². The Morgan fingerprint density at radius 3 is 2.33 bits per heavy atom. The van der Waals surface area contributed by atoms with Crippen molar-refractivity contribution in [2.24, 2.45) is 0 Å². The standard InChI is InChI=1S/C31H42ClN3O5/c1-31(2,39-5)30(38)35-18-10-9-17-33(3)29(37)26(21-23-13-7-6-8-14-23)34(4)28(36)25-22-24(32)15-16-27(25)40-20-12-11-19-35/h6-8,13-16,22,26H,9-12,17-21H2,1-5H3/t26-/m0/s1. The van der Waals surface area contributed by atoms with Crippen LogP contribution in [0.1, 0.15) is 55.5 Å². The maximum Gasteiger partial charge on any atom is 0.258 e. The number of fused-ring (bicyclic) bond motifs is 1. The van der Waals surface area contributed by atoms with Crippen molar-refractivity contribution in [3.8, 4) is 5.75 Å². The van der Waals surface area contributed by atoms with Gasteiger partial charge < -0.3 is 24.2 Å². The third-order valence-electron chi connectivity index (χ3n) is 7.46. The zero-order valence-corrected chi connectivity index (χ0v) is 25.1. The van der Waals surface area contributed by atoms with Gasteiger partial charge in [0.1, 0.15) is 17.4 Å². The molecule has 1 aliphatic rings. The van der Waals surface area contributed by atoms with Crippen molar-refractivity contribution in [3.05, 3.63) is 64.7 Å². The number of amides is 3. The van der Waals surface area contributed by atoms with Gasteiger partial charge in [0, 0.05) is 52.3 Å². The first kappa shape index (κ1) is 31.4. The summed E-state index contributed by atoms with van der Waals surface area (Å²) in [4.78, 5) is 45.8. The van der Waals surface area contributed by atoms with Crippen LogP contribution in [0.15, 0.2) is 48.5 Å². The number of methoxy groups -OCH3 is 1. The van der Waals surface area contributed by atoms with Crippen molar-refractivity contribution in [2.45, 2.75) is 57.6 Å². The van der Waals surface area contributed by atoms with Crippen molar-refractivity contribution >= 4 is 29.3 Å². The van der Waals surface area contributed by atoms with Crippen molar-refractivity contribution in [2.75, 3.05) is 47.4 Å². The first-order chi connectivity index (χ1) is 19.0. The first-order valence-corrected chi connectivity index (χ1v) is 14.3. The van der Waals surface area contributed by atoms with E-state index in [1.807, 2.05) is 35.2 Å². The minimum absolute atomic E-state index is 0.0617. The molecular formula is C31H42ClN3O5. The van der Waals surface area contributed by atoms with Crippen LogP contribution in [0.3, 0.4) is 0 Å². The molecule has 2 aromatic rings. The van der Waals surface area contributed by atoms with E-state index in [0.29, 0.717) is 55.4 Å². The van der Waals surface area contributed by atoms with Crippen LogP contribution in [0.4, 0.5) is 0 Å². The van der Waals surface area contributed by atoms with E-state index in [-0.39, 0.29) is 17.7 Å². The number of hydrogen-bond acceptors (Lipinski definition) is 5. The van der Waals surface area contributed by atoms with Crippen LogP contribution in [-0.4, -0.2) is 91.5 Å². The molecule has 0 saturated carbocycles. The second-order valence-electron chi connectivity index (χ2n) is 10.8. The molecule has 3 amide bonds. The number of hydrogen-bond donors (Lipinski definition) is 0. The average molecular weight is 572 g/mol. The fraction of sp³-hybridized carbons (Fsp3) is 0.516. The molecule has 1 aliphatic heterocycles. The second-order valence-corrected chi connectivity index (χ2v) is 11.2. The van der Waals surface area contributed by atoms with Crippen molar-refractivity contribution in [1.29, 1.82) is 0 Å². The summed E-state index contributed by atoms with van der Waals surface area (Å²) in [5, 5.41) is 0.410. The minimum atomic E-state index is -0.921. The summed E-state index contributed by atoms with van der Waals surface area (Å²) in [7, 11) is 4.96. The van der Waals surface area contributed by atoms with Gasteiger partial charge in [-0.3, -0.25) is 14.4 Å². The highest BCUT2D eigenvalue weighted by atomic mass is 35.5. The van der Waals surface area contributed by atoms with Crippen molar-refractivity contribution in [3.63, 3.8) is 0 Å². The number of rotatable bonds is 4. The van der Waals surface area contributed by atoms with Gasteiger partial charge in [-0.05, 0) is 63.3 Å². The van der Waals surface area contributed by atoms with Crippen LogP contribution in [0, 0.1) is 0 Å². The van der Waals surface area contributed by atoms with Gasteiger partial charge in [-0.15, -0.1) is 0 Å². The number of benzene rings is 2. The number of likely N-dealkylation sites (N-methyl/N-ethyl adjacent to an activating group) is 2. The van der Waals surface area contributed by atoms with E-state index in [1.54, 1.807) is 58.2 Å².